The molecule has 0 aromatic heterocycles. The molecular formula is C18H23ClN2O4. The molecule has 0 heterocycles. The lowest BCUT2D eigenvalue weighted by Crippen LogP contribution is -2.30. The standard InChI is InChI=1S/C18H22N2O4.ClH/c1-22-11-10-19-13-18(21)20-14-6-8-15(9-7-14)24-17-5-3-4-16(12-17)23-2;/h3-9,12,19H,10-11,13H2,1-2H3,(H,20,21);1H. The van der Waals surface area contributed by atoms with Crippen molar-refractivity contribution in [2.24, 2.45) is 0 Å². The lowest BCUT2D eigenvalue weighted by molar-refractivity contribution is -0.115. The Morgan fingerprint density at radius 1 is 1.00 bits per heavy atom. The zero-order valence-electron chi connectivity index (χ0n) is 14.3. The molecule has 0 unspecified atom stereocenters. The molecule has 2 aromatic carbocycles. The van der Waals surface area contributed by atoms with Gasteiger partial charge in [0.2, 0.25) is 5.91 Å². The summed E-state index contributed by atoms with van der Waals surface area (Å²) in [4.78, 5) is 11.8. The second-order valence-corrected chi connectivity index (χ2v) is 5.02. The van der Waals surface area contributed by atoms with Gasteiger partial charge in [-0.3, -0.25) is 4.79 Å². The highest BCUT2D eigenvalue weighted by Crippen LogP contribution is 2.26. The number of benzene rings is 2. The quantitative estimate of drug-likeness (QED) is 0.667. The van der Waals surface area contributed by atoms with Gasteiger partial charge in [-0.1, -0.05) is 6.07 Å². The van der Waals surface area contributed by atoms with Gasteiger partial charge in [0.15, 0.2) is 0 Å². The van der Waals surface area contributed by atoms with E-state index >= 15 is 0 Å². The first-order valence-corrected chi connectivity index (χ1v) is 7.63. The van der Waals surface area contributed by atoms with Gasteiger partial charge >= 0.3 is 0 Å². The van der Waals surface area contributed by atoms with Crippen molar-refractivity contribution in [1.29, 1.82) is 0 Å². The van der Waals surface area contributed by atoms with Gasteiger partial charge in [-0.25, -0.2) is 0 Å². The van der Waals surface area contributed by atoms with Crippen LogP contribution < -0.4 is 20.1 Å². The molecule has 0 spiro atoms. The van der Waals surface area contributed by atoms with Crippen LogP contribution in [0.25, 0.3) is 0 Å². The third-order valence-corrected chi connectivity index (χ3v) is 3.18. The van der Waals surface area contributed by atoms with Crippen LogP contribution in [-0.4, -0.2) is 39.8 Å². The van der Waals surface area contributed by atoms with Crippen LogP contribution in [0.15, 0.2) is 48.5 Å². The summed E-state index contributed by atoms with van der Waals surface area (Å²) in [5.74, 6) is 2.00. The summed E-state index contributed by atoms with van der Waals surface area (Å²) in [6.45, 7) is 1.45. The van der Waals surface area contributed by atoms with Crippen LogP contribution in [0.1, 0.15) is 0 Å². The molecule has 0 bridgehead atoms. The Morgan fingerprint density at radius 3 is 2.40 bits per heavy atom. The van der Waals surface area contributed by atoms with Gasteiger partial charge in [-0.15, -0.1) is 12.4 Å². The first-order valence-electron chi connectivity index (χ1n) is 7.63. The molecule has 136 valence electrons. The van der Waals surface area contributed by atoms with Crippen molar-refractivity contribution in [3.05, 3.63) is 48.5 Å². The fourth-order valence-electron chi connectivity index (χ4n) is 1.99. The van der Waals surface area contributed by atoms with E-state index in [1.54, 1.807) is 44.6 Å². The van der Waals surface area contributed by atoms with Crippen LogP contribution in [0.5, 0.6) is 17.2 Å². The van der Waals surface area contributed by atoms with Crippen molar-refractivity contribution in [3.63, 3.8) is 0 Å². The number of hydrogen-bond acceptors (Lipinski definition) is 5. The average Bonchev–Trinajstić information content (AvgIpc) is 2.61. The van der Waals surface area contributed by atoms with Crippen LogP contribution in [0.2, 0.25) is 0 Å². The van der Waals surface area contributed by atoms with E-state index in [2.05, 4.69) is 10.6 Å². The third-order valence-electron chi connectivity index (χ3n) is 3.18. The van der Waals surface area contributed by atoms with Gasteiger partial charge in [0, 0.05) is 25.4 Å². The fraction of sp³-hybridized carbons (Fsp3) is 0.278. The zero-order chi connectivity index (χ0) is 17.2. The number of carbonyl (C=O) groups is 1. The average molecular weight is 367 g/mol. The van der Waals surface area contributed by atoms with Gasteiger partial charge in [0.05, 0.1) is 20.3 Å². The molecule has 0 aliphatic rings. The molecule has 1 amide bonds. The zero-order valence-corrected chi connectivity index (χ0v) is 15.1. The molecule has 2 N–H and O–H groups in total. The van der Waals surface area contributed by atoms with Crippen molar-refractivity contribution in [3.8, 4) is 17.2 Å². The molecule has 0 atom stereocenters. The number of halogens is 1. The Labute approximate surface area is 153 Å². The first-order chi connectivity index (χ1) is 11.7. The van der Waals surface area contributed by atoms with E-state index in [1.165, 1.54) is 0 Å². The molecule has 0 fully saturated rings. The number of methoxy groups -OCH3 is 2. The van der Waals surface area contributed by atoms with Gasteiger partial charge in [0.1, 0.15) is 17.2 Å². The van der Waals surface area contributed by atoms with E-state index in [-0.39, 0.29) is 24.9 Å². The van der Waals surface area contributed by atoms with E-state index in [4.69, 9.17) is 14.2 Å². The van der Waals surface area contributed by atoms with Crippen molar-refractivity contribution in [2.75, 3.05) is 39.2 Å². The second-order valence-electron chi connectivity index (χ2n) is 5.02. The molecule has 2 rings (SSSR count). The van der Waals surface area contributed by atoms with Crippen molar-refractivity contribution in [1.82, 2.24) is 5.32 Å². The SMILES string of the molecule is COCCNCC(=O)Nc1ccc(Oc2cccc(OC)c2)cc1.Cl. The summed E-state index contributed by atoms with van der Waals surface area (Å²) >= 11 is 0. The van der Waals surface area contributed by atoms with Crippen LogP contribution >= 0.6 is 12.4 Å². The number of carbonyl (C=O) groups excluding carboxylic acids is 1. The minimum absolute atomic E-state index is 0. The number of rotatable bonds is 9. The van der Waals surface area contributed by atoms with Gasteiger partial charge in [0.25, 0.3) is 0 Å². The lowest BCUT2D eigenvalue weighted by Gasteiger charge is -2.09. The summed E-state index contributed by atoms with van der Waals surface area (Å²) in [5.41, 5.74) is 0.714. The Kier molecular flexibility index (Phi) is 9.39. The molecule has 6 nitrogen and oxygen atoms in total. The normalized spacial score (nSPS) is 9.84. The minimum Gasteiger partial charge on any atom is -0.497 e. The molecule has 2 aromatic rings. The number of amides is 1. The molecule has 7 heteroatoms. The lowest BCUT2D eigenvalue weighted by atomic mass is 10.3. The van der Waals surface area contributed by atoms with Gasteiger partial charge < -0.3 is 24.8 Å². The van der Waals surface area contributed by atoms with Crippen molar-refractivity contribution in [2.45, 2.75) is 0 Å². The number of ether oxygens (including phenoxy) is 3. The molecule has 0 saturated carbocycles. The van der Waals surface area contributed by atoms with E-state index in [9.17, 15) is 4.79 Å². The topological polar surface area (TPSA) is 68.8 Å². The largest absolute Gasteiger partial charge is 0.497 e. The van der Waals surface area contributed by atoms with Crippen LogP contribution in [-0.2, 0) is 9.53 Å². The summed E-state index contributed by atoms with van der Waals surface area (Å²) in [6.07, 6.45) is 0. The van der Waals surface area contributed by atoms with E-state index in [0.29, 0.717) is 30.3 Å². The van der Waals surface area contributed by atoms with Crippen molar-refractivity contribution < 1.29 is 19.0 Å². The van der Waals surface area contributed by atoms with Crippen LogP contribution in [0, 0.1) is 0 Å². The van der Waals surface area contributed by atoms with Crippen molar-refractivity contribution >= 4 is 24.0 Å². The first kappa shape index (κ1) is 20.8. The number of anilines is 1. The summed E-state index contributed by atoms with van der Waals surface area (Å²) in [5, 5.41) is 5.80. The highest BCUT2D eigenvalue weighted by Gasteiger charge is 2.03. The maximum absolute atomic E-state index is 11.8. The number of nitrogens with one attached hydrogen (secondary N) is 2. The highest BCUT2D eigenvalue weighted by atomic mass is 35.5. The Hall–Kier alpha value is -2.28. The van der Waals surface area contributed by atoms with Gasteiger partial charge in [-0.2, -0.15) is 0 Å². The predicted molar refractivity (Wildman–Crippen MR) is 100 cm³/mol. The third kappa shape index (κ3) is 7.43. The van der Waals surface area contributed by atoms with Crippen LogP contribution in [0.3, 0.4) is 0 Å². The predicted octanol–water partition coefficient (Wildman–Crippen LogP) is 3.08. The molecule has 0 aliphatic heterocycles. The maximum atomic E-state index is 11.8. The maximum Gasteiger partial charge on any atom is 0.238 e. The minimum atomic E-state index is -0.104. The Bertz CT molecular complexity index is 650. The van der Waals surface area contributed by atoms with Gasteiger partial charge in [-0.05, 0) is 36.4 Å². The summed E-state index contributed by atoms with van der Waals surface area (Å²) in [6, 6.07) is 14.6. The molecule has 0 radical (unpaired) electrons. The second kappa shape index (κ2) is 11.3. The molecule has 0 aliphatic carbocycles. The highest BCUT2D eigenvalue weighted by molar-refractivity contribution is 5.92. The molecule has 0 saturated heterocycles. The fourth-order valence-corrected chi connectivity index (χ4v) is 1.99. The number of hydrogen-bond donors (Lipinski definition) is 2. The molecule has 25 heavy (non-hydrogen) atoms. The smallest absolute Gasteiger partial charge is 0.238 e. The van der Waals surface area contributed by atoms with E-state index < -0.39 is 0 Å². The summed E-state index contributed by atoms with van der Waals surface area (Å²) in [7, 11) is 3.23. The molecular weight excluding hydrogens is 344 g/mol. The van der Waals surface area contributed by atoms with E-state index in [0.717, 1.165) is 5.75 Å². The monoisotopic (exact) mass is 366 g/mol. The Morgan fingerprint density at radius 2 is 1.72 bits per heavy atom. The van der Waals surface area contributed by atoms with E-state index in [1.807, 2.05) is 18.2 Å². The van der Waals surface area contributed by atoms with Crippen LogP contribution in [0.4, 0.5) is 5.69 Å². The Balaban J connectivity index is 0.00000312. The summed E-state index contributed by atoms with van der Waals surface area (Å²) < 4.78 is 15.8.